The highest BCUT2D eigenvalue weighted by Crippen LogP contribution is 2.36. The summed E-state index contributed by atoms with van der Waals surface area (Å²) in [7, 11) is 0. The predicted octanol–water partition coefficient (Wildman–Crippen LogP) is 4.94. The van der Waals surface area contributed by atoms with E-state index in [2.05, 4.69) is 33.9 Å². The number of hydrogen-bond donors (Lipinski definition) is 3. The van der Waals surface area contributed by atoms with Gasteiger partial charge in [0.05, 0.1) is 12.4 Å². The Morgan fingerprint density at radius 2 is 1.93 bits per heavy atom. The average Bonchev–Trinajstić information content (AvgIpc) is 2.68. The van der Waals surface area contributed by atoms with E-state index < -0.39 is 18.2 Å². The predicted molar refractivity (Wildman–Crippen MR) is 114 cm³/mol. The fraction of sp³-hybridized carbons (Fsp3) is 0.300. The van der Waals surface area contributed by atoms with E-state index in [0.717, 1.165) is 4.47 Å². The Labute approximate surface area is 177 Å². The van der Waals surface area contributed by atoms with E-state index in [-0.39, 0.29) is 24.0 Å². The minimum absolute atomic E-state index is 0.000210. The number of para-hydroxylation sites is 1. The van der Waals surface area contributed by atoms with Crippen LogP contribution in [0, 0.1) is 5.92 Å². The standard InChI is InChI=1S/C20H22BrNO5S/c1-13(9-10-26-18(24)12-28)19(16-11-14(21)7-8-17(16)23)27-20(25)22-15-5-3-2-4-6-15/h2-8,11,13,19,23,28H,9-10,12H2,1H3,(H,22,25)/t13-,19-/m0/s1. The highest BCUT2D eigenvalue weighted by Gasteiger charge is 2.27. The molecule has 0 unspecified atom stereocenters. The van der Waals surface area contributed by atoms with Crippen LogP contribution in [-0.2, 0) is 14.3 Å². The lowest BCUT2D eigenvalue weighted by molar-refractivity contribution is -0.141. The molecule has 0 radical (unpaired) electrons. The van der Waals surface area contributed by atoms with Gasteiger partial charge in [0.15, 0.2) is 0 Å². The molecule has 0 bridgehead atoms. The van der Waals surface area contributed by atoms with E-state index >= 15 is 0 Å². The second-order valence-electron chi connectivity index (χ2n) is 6.16. The van der Waals surface area contributed by atoms with Crippen LogP contribution in [0.5, 0.6) is 5.75 Å². The molecule has 0 saturated carbocycles. The summed E-state index contributed by atoms with van der Waals surface area (Å²) in [6.07, 6.45) is -0.944. The fourth-order valence-corrected chi connectivity index (χ4v) is 3.05. The number of rotatable bonds is 8. The number of thiol groups is 1. The summed E-state index contributed by atoms with van der Waals surface area (Å²) in [5.74, 6) is -0.630. The number of benzene rings is 2. The van der Waals surface area contributed by atoms with Crippen LogP contribution in [0.4, 0.5) is 10.5 Å². The number of hydrogen-bond acceptors (Lipinski definition) is 6. The number of anilines is 1. The van der Waals surface area contributed by atoms with E-state index in [1.54, 1.807) is 36.4 Å². The Morgan fingerprint density at radius 3 is 2.61 bits per heavy atom. The molecule has 2 N–H and O–H groups in total. The molecule has 0 aliphatic heterocycles. The van der Waals surface area contributed by atoms with Gasteiger partial charge in [-0.2, -0.15) is 12.6 Å². The van der Waals surface area contributed by atoms with Crippen molar-refractivity contribution in [3.05, 3.63) is 58.6 Å². The van der Waals surface area contributed by atoms with E-state index in [4.69, 9.17) is 9.47 Å². The Kier molecular flexibility index (Phi) is 8.66. The zero-order valence-electron chi connectivity index (χ0n) is 15.3. The number of ether oxygens (including phenoxy) is 2. The highest BCUT2D eigenvalue weighted by atomic mass is 79.9. The Hall–Kier alpha value is -2.19. The number of aromatic hydroxyl groups is 1. The molecular weight excluding hydrogens is 446 g/mol. The van der Waals surface area contributed by atoms with Gasteiger partial charge in [-0.25, -0.2) is 4.79 Å². The number of amides is 1. The molecule has 0 aromatic heterocycles. The zero-order valence-corrected chi connectivity index (χ0v) is 17.8. The lowest BCUT2D eigenvalue weighted by Crippen LogP contribution is -2.23. The van der Waals surface area contributed by atoms with Gasteiger partial charge in [0.2, 0.25) is 0 Å². The first kappa shape index (κ1) is 22.1. The van der Waals surface area contributed by atoms with Crippen molar-refractivity contribution in [3.63, 3.8) is 0 Å². The maximum atomic E-state index is 12.4. The average molecular weight is 468 g/mol. The summed E-state index contributed by atoms with van der Waals surface area (Å²) < 4.78 is 11.4. The van der Waals surface area contributed by atoms with Crippen molar-refractivity contribution in [1.29, 1.82) is 0 Å². The summed E-state index contributed by atoms with van der Waals surface area (Å²) >= 11 is 7.23. The molecule has 2 atom stereocenters. The molecule has 8 heteroatoms. The molecule has 0 saturated heterocycles. The second-order valence-corrected chi connectivity index (χ2v) is 7.40. The number of carbonyl (C=O) groups excluding carboxylic acids is 2. The van der Waals surface area contributed by atoms with Gasteiger partial charge in [0.1, 0.15) is 11.9 Å². The number of esters is 1. The Morgan fingerprint density at radius 1 is 1.21 bits per heavy atom. The van der Waals surface area contributed by atoms with Gasteiger partial charge in [-0.3, -0.25) is 10.1 Å². The minimum Gasteiger partial charge on any atom is -0.508 e. The first-order valence-electron chi connectivity index (χ1n) is 8.68. The largest absolute Gasteiger partial charge is 0.508 e. The minimum atomic E-state index is -0.740. The molecule has 6 nitrogen and oxygen atoms in total. The topological polar surface area (TPSA) is 84.9 Å². The second kappa shape index (κ2) is 11.0. The van der Waals surface area contributed by atoms with Crippen LogP contribution < -0.4 is 5.32 Å². The van der Waals surface area contributed by atoms with Crippen LogP contribution in [0.15, 0.2) is 53.0 Å². The van der Waals surface area contributed by atoms with E-state index in [0.29, 0.717) is 17.7 Å². The Bertz CT molecular complexity index is 802. The van der Waals surface area contributed by atoms with Crippen molar-refractivity contribution >= 4 is 46.3 Å². The first-order chi connectivity index (χ1) is 13.4. The lowest BCUT2D eigenvalue weighted by Gasteiger charge is -2.25. The quantitative estimate of drug-likeness (QED) is 0.378. The molecule has 150 valence electrons. The fourth-order valence-electron chi connectivity index (χ4n) is 2.58. The third kappa shape index (κ3) is 6.76. The first-order valence-corrected chi connectivity index (χ1v) is 10.1. The molecule has 2 aromatic carbocycles. The SMILES string of the molecule is C[C@@H](CCOC(=O)CS)[C@H](OC(=O)Nc1ccccc1)c1cc(Br)ccc1O. The molecule has 1 amide bonds. The van der Waals surface area contributed by atoms with Crippen molar-refractivity contribution in [2.24, 2.45) is 5.92 Å². The number of halogens is 1. The van der Waals surface area contributed by atoms with Crippen LogP contribution in [0.3, 0.4) is 0 Å². The lowest BCUT2D eigenvalue weighted by atomic mass is 9.94. The monoisotopic (exact) mass is 467 g/mol. The smallest absolute Gasteiger partial charge is 0.412 e. The number of phenols is 1. The summed E-state index contributed by atoms with van der Waals surface area (Å²) in [6.45, 7) is 2.02. The Balaban J connectivity index is 2.14. The van der Waals surface area contributed by atoms with Crippen molar-refractivity contribution in [3.8, 4) is 5.75 Å². The van der Waals surface area contributed by atoms with Crippen molar-refractivity contribution in [1.82, 2.24) is 0 Å². The maximum Gasteiger partial charge on any atom is 0.412 e. The van der Waals surface area contributed by atoms with Crippen LogP contribution in [0.1, 0.15) is 25.0 Å². The third-order valence-electron chi connectivity index (χ3n) is 4.03. The molecular formula is C20H22BrNO5S. The van der Waals surface area contributed by atoms with E-state index in [9.17, 15) is 14.7 Å². The zero-order chi connectivity index (χ0) is 20.5. The van der Waals surface area contributed by atoms with Gasteiger partial charge in [0, 0.05) is 21.6 Å². The van der Waals surface area contributed by atoms with E-state index in [1.165, 1.54) is 6.07 Å². The molecule has 28 heavy (non-hydrogen) atoms. The van der Waals surface area contributed by atoms with Gasteiger partial charge >= 0.3 is 12.1 Å². The van der Waals surface area contributed by atoms with Gasteiger partial charge in [-0.15, -0.1) is 0 Å². The van der Waals surface area contributed by atoms with Gasteiger partial charge in [-0.05, 0) is 36.8 Å². The van der Waals surface area contributed by atoms with E-state index in [1.807, 2.05) is 13.0 Å². The third-order valence-corrected chi connectivity index (χ3v) is 4.78. The summed E-state index contributed by atoms with van der Waals surface area (Å²) in [6, 6.07) is 13.8. The highest BCUT2D eigenvalue weighted by molar-refractivity contribution is 9.10. The van der Waals surface area contributed by atoms with Crippen LogP contribution in [0.25, 0.3) is 0 Å². The molecule has 2 rings (SSSR count). The van der Waals surface area contributed by atoms with Crippen LogP contribution in [0.2, 0.25) is 0 Å². The number of phenolic OH excluding ortho intramolecular Hbond substituents is 1. The maximum absolute atomic E-state index is 12.4. The molecule has 2 aromatic rings. The summed E-state index contributed by atoms with van der Waals surface area (Å²) in [5.41, 5.74) is 1.06. The molecule has 0 aliphatic rings. The summed E-state index contributed by atoms with van der Waals surface area (Å²) in [4.78, 5) is 23.7. The van der Waals surface area contributed by atoms with Gasteiger partial charge < -0.3 is 14.6 Å². The molecule has 0 heterocycles. The normalized spacial score (nSPS) is 12.7. The van der Waals surface area contributed by atoms with Gasteiger partial charge in [-0.1, -0.05) is 41.1 Å². The van der Waals surface area contributed by atoms with Gasteiger partial charge in [0.25, 0.3) is 0 Å². The molecule has 0 spiro atoms. The van der Waals surface area contributed by atoms with Crippen molar-refractivity contribution in [2.45, 2.75) is 19.4 Å². The number of nitrogens with one attached hydrogen (secondary N) is 1. The molecule has 0 fully saturated rings. The summed E-state index contributed by atoms with van der Waals surface area (Å²) in [5, 5.41) is 12.9. The number of carbonyl (C=O) groups is 2. The van der Waals surface area contributed by atoms with Crippen molar-refractivity contribution < 1.29 is 24.2 Å². The van der Waals surface area contributed by atoms with Crippen LogP contribution >= 0.6 is 28.6 Å². The van der Waals surface area contributed by atoms with Crippen LogP contribution in [-0.4, -0.2) is 29.5 Å². The van der Waals surface area contributed by atoms with Crippen molar-refractivity contribution in [2.75, 3.05) is 17.7 Å². The molecule has 0 aliphatic carbocycles.